The Kier molecular flexibility index (Phi) is 5.94. The van der Waals surface area contributed by atoms with Crippen molar-refractivity contribution in [3.63, 3.8) is 0 Å². The average Bonchev–Trinajstić information content (AvgIpc) is 3.19. The van der Waals surface area contributed by atoms with Gasteiger partial charge in [-0.1, -0.05) is 24.3 Å². The maximum Gasteiger partial charge on any atom is 0.257 e. The van der Waals surface area contributed by atoms with Crippen LogP contribution in [0.15, 0.2) is 72.8 Å². The molecule has 4 aromatic rings. The molecule has 0 aliphatic heterocycles. The number of amides is 1. The zero-order valence-corrected chi connectivity index (χ0v) is 18.5. The number of hydrogen-bond acceptors (Lipinski definition) is 4. The van der Waals surface area contributed by atoms with Crippen LogP contribution in [-0.4, -0.2) is 29.9 Å². The molecule has 0 saturated heterocycles. The SMILES string of the molecule is COc1ccc(-c2cc(NC(=O)c3cccc(-c4ccc(OC)cc4)c3C)n(C)n2)cc1. The first-order valence-electron chi connectivity index (χ1n) is 10.2. The molecular weight excluding hydrogens is 402 g/mol. The van der Waals surface area contributed by atoms with E-state index in [9.17, 15) is 4.79 Å². The van der Waals surface area contributed by atoms with Crippen molar-refractivity contribution in [1.29, 1.82) is 0 Å². The van der Waals surface area contributed by atoms with Crippen LogP contribution in [0.5, 0.6) is 11.5 Å². The van der Waals surface area contributed by atoms with Crippen LogP contribution in [0, 0.1) is 6.92 Å². The second-order valence-corrected chi connectivity index (χ2v) is 7.43. The predicted octanol–water partition coefficient (Wildman–Crippen LogP) is 5.33. The van der Waals surface area contributed by atoms with Crippen molar-refractivity contribution in [1.82, 2.24) is 9.78 Å². The summed E-state index contributed by atoms with van der Waals surface area (Å²) < 4.78 is 12.1. The molecule has 0 fully saturated rings. The number of anilines is 1. The van der Waals surface area contributed by atoms with E-state index in [4.69, 9.17) is 9.47 Å². The summed E-state index contributed by atoms with van der Waals surface area (Å²) in [7, 11) is 5.09. The van der Waals surface area contributed by atoms with Crippen LogP contribution < -0.4 is 14.8 Å². The van der Waals surface area contributed by atoms with Crippen LogP contribution in [0.3, 0.4) is 0 Å². The van der Waals surface area contributed by atoms with Gasteiger partial charge in [-0.3, -0.25) is 9.48 Å². The Labute approximate surface area is 187 Å². The van der Waals surface area contributed by atoms with Crippen LogP contribution in [0.2, 0.25) is 0 Å². The lowest BCUT2D eigenvalue weighted by molar-refractivity contribution is 0.102. The van der Waals surface area contributed by atoms with Gasteiger partial charge in [0.15, 0.2) is 0 Å². The molecule has 0 aliphatic carbocycles. The van der Waals surface area contributed by atoms with Crippen LogP contribution in [-0.2, 0) is 7.05 Å². The first-order valence-corrected chi connectivity index (χ1v) is 10.2. The van der Waals surface area contributed by atoms with E-state index in [-0.39, 0.29) is 5.91 Å². The molecule has 6 heteroatoms. The highest BCUT2D eigenvalue weighted by atomic mass is 16.5. The van der Waals surface area contributed by atoms with E-state index in [2.05, 4.69) is 10.4 Å². The molecule has 1 heterocycles. The third kappa shape index (κ3) is 4.21. The summed E-state index contributed by atoms with van der Waals surface area (Å²) in [4.78, 5) is 13.1. The minimum Gasteiger partial charge on any atom is -0.497 e. The topological polar surface area (TPSA) is 65.4 Å². The van der Waals surface area contributed by atoms with Gasteiger partial charge < -0.3 is 14.8 Å². The third-order valence-electron chi connectivity index (χ3n) is 5.49. The summed E-state index contributed by atoms with van der Waals surface area (Å²) in [5.74, 6) is 2.02. The lowest BCUT2D eigenvalue weighted by Gasteiger charge is -2.12. The number of ether oxygens (including phenoxy) is 2. The number of hydrogen-bond donors (Lipinski definition) is 1. The molecule has 0 bridgehead atoms. The summed E-state index contributed by atoms with van der Waals surface area (Å²) in [6.45, 7) is 1.96. The van der Waals surface area contributed by atoms with E-state index in [1.54, 1.807) is 18.9 Å². The fourth-order valence-electron chi connectivity index (χ4n) is 3.64. The fraction of sp³-hybridized carbons (Fsp3) is 0.154. The molecule has 32 heavy (non-hydrogen) atoms. The van der Waals surface area contributed by atoms with Crippen molar-refractivity contribution in [3.8, 4) is 33.9 Å². The highest BCUT2D eigenvalue weighted by molar-refractivity contribution is 6.06. The molecule has 1 aromatic heterocycles. The van der Waals surface area contributed by atoms with Crippen molar-refractivity contribution in [2.45, 2.75) is 6.92 Å². The minimum absolute atomic E-state index is 0.179. The summed E-state index contributed by atoms with van der Waals surface area (Å²) in [6, 6.07) is 23.1. The lowest BCUT2D eigenvalue weighted by Crippen LogP contribution is -2.16. The number of methoxy groups -OCH3 is 2. The maximum atomic E-state index is 13.1. The van der Waals surface area contributed by atoms with Crippen molar-refractivity contribution >= 4 is 11.7 Å². The van der Waals surface area contributed by atoms with Crippen LogP contribution in [0.4, 0.5) is 5.82 Å². The van der Waals surface area contributed by atoms with Gasteiger partial charge in [0.05, 0.1) is 19.9 Å². The molecule has 0 aliphatic rings. The molecule has 1 N–H and O–H groups in total. The van der Waals surface area contributed by atoms with Crippen molar-refractivity contribution in [2.24, 2.45) is 7.05 Å². The highest BCUT2D eigenvalue weighted by Gasteiger charge is 2.16. The lowest BCUT2D eigenvalue weighted by atomic mass is 9.96. The summed E-state index contributed by atoms with van der Waals surface area (Å²) in [5, 5.41) is 7.53. The molecule has 3 aromatic carbocycles. The van der Waals surface area contributed by atoms with Gasteiger partial charge in [0.2, 0.25) is 0 Å². The first kappa shape index (κ1) is 21.2. The van der Waals surface area contributed by atoms with E-state index in [0.29, 0.717) is 11.4 Å². The van der Waals surface area contributed by atoms with E-state index >= 15 is 0 Å². The number of nitrogens with zero attached hydrogens (tertiary/aromatic N) is 2. The summed E-state index contributed by atoms with van der Waals surface area (Å²) in [5.41, 5.74) is 5.27. The van der Waals surface area contributed by atoms with Crippen molar-refractivity contribution < 1.29 is 14.3 Å². The molecule has 6 nitrogen and oxygen atoms in total. The Hall–Kier alpha value is -4.06. The molecular formula is C26H25N3O3. The van der Waals surface area contributed by atoms with Crippen LogP contribution in [0.1, 0.15) is 15.9 Å². The first-order chi connectivity index (χ1) is 15.5. The summed E-state index contributed by atoms with van der Waals surface area (Å²) >= 11 is 0. The van der Waals surface area contributed by atoms with Gasteiger partial charge in [-0.2, -0.15) is 5.10 Å². The largest absolute Gasteiger partial charge is 0.497 e. The number of carbonyl (C=O) groups is 1. The molecule has 4 rings (SSSR count). The minimum atomic E-state index is -0.179. The predicted molar refractivity (Wildman–Crippen MR) is 126 cm³/mol. The van der Waals surface area contributed by atoms with Gasteiger partial charge in [-0.15, -0.1) is 0 Å². The Morgan fingerprint density at radius 2 is 1.47 bits per heavy atom. The van der Waals surface area contributed by atoms with E-state index in [1.165, 1.54) is 0 Å². The smallest absolute Gasteiger partial charge is 0.257 e. The molecule has 1 amide bonds. The van der Waals surface area contributed by atoms with E-state index in [1.807, 2.05) is 86.8 Å². The molecule has 162 valence electrons. The van der Waals surface area contributed by atoms with E-state index < -0.39 is 0 Å². The molecule has 0 saturated carbocycles. The number of nitrogens with one attached hydrogen (secondary N) is 1. The Balaban J connectivity index is 1.58. The van der Waals surface area contributed by atoms with Crippen LogP contribution >= 0.6 is 0 Å². The highest BCUT2D eigenvalue weighted by Crippen LogP contribution is 2.29. The number of aryl methyl sites for hydroxylation is 1. The number of aromatic nitrogens is 2. The van der Waals surface area contributed by atoms with E-state index in [0.717, 1.165) is 39.4 Å². The second-order valence-electron chi connectivity index (χ2n) is 7.43. The van der Waals surface area contributed by atoms with Gasteiger partial charge >= 0.3 is 0 Å². The van der Waals surface area contributed by atoms with Crippen LogP contribution in [0.25, 0.3) is 22.4 Å². The standard InChI is InChI=1S/C26H25N3O3/c1-17-22(18-8-12-20(31-3)13-9-18)6-5-7-23(17)26(30)27-25-16-24(28-29(25)2)19-10-14-21(32-4)15-11-19/h5-16H,1-4H3,(H,27,30). The van der Waals surface area contributed by atoms with Gasteiger partial charge in [-0.25, -0.2) is 0 Å². The summed E-state index contributed by atoms with van der Waals surface area (Å²) in [6.07, 6.45) is 0. The quantitative estimate of drug-likeness (QED) is 0.452. The molecule has 0 atom stereocenters. The monoisotopic (exact) mass is 427 g/mol. The fourth-order valence-corrected chi connectivity index (χ4v) is 3.64. The number of carbonyl (C=O) groups excluding carboxylic acids is 1. The zero-order chi connectivity index (χ0) is 22.7. The van der Waals surface area contributed by atoms with Crippen molar-refractivity contribution in [2.75, 3.05) is 19.5 Å². The Morgan fingerprint density at radius 3 is 2.06 bits per heavy atom. The van der Waals surface area contributed by atoms with Gasteiger partial charge in [0.1, 0.15) is 17.3 Å². The third-order valence-corrected chi connectivity index (χ3v) is 5.49. The van der Waals surface area contributed by atoms with Crippen molar-refractivity contribution in [3.05, 3.63) is 83.9 Å². The average molecular weight is 428 g/mol. The number of benzene rings is 3. The van der Waals surface area contributed by atoms with Gasteiger partial charge in [0, 0.05) is 24.2 Å². The van der Waals surface area contributed by atoms with Gasteiger partial charge in [0.25, 0.3) is 5.91 Å². The Bertz CT molecular complexity index is 1240. The molecule has 0 unspecified atom stereocenters. The molecule has 0 radical (unpaired) electrons. The number of rotatable bonds is 6. The Morgan fingerprint density at radius 1 is 0.875 bits per heavy atom. The zero-order valence-electron chi connectivity index (χ0n) is 18.5. The van der Waals surface area contributed by atoms with Gasteiger partial charge in [-0.05, 0) is 66.1 Å². The maximum absolute atomic E-state index is 13.1. The normalized spacial score (nSPS) is 10.6. The molecule has 0 spiro atoms. The second kappa shape index (κ2) is 8.98.